The molecule has 0 aliphatic heterocycles. The van der Waals surface area contributed by atoms with Crippen molar-refractivity contribution in [3.05, 3.63) is 65.4 Å². The highest BCUT2D eigenvalue weighted by atomic mass is 32.2. The number of benzene rings is 2. The van der Waals surface area contributed by atoms with Gasteiger partial charge in [0.25, 0.3) is 0 Å². The van der Waals surface area contributed by atoms with Crippen LogP contribution in [-0.4, -0.2) is 37.3 Å². The molecule has 0 N–H and O–H groups in total. The van der Waals surface area contributed by atoms with E-state index in [0.29, 0.717) is 28.4 Å². The Kier molecular flexibility index (Phi) is 10.7. The molecular weight excluding hydrogens is 432 g/mol. The molecule has 0 aromatic heterocycles. The topological polar surface area (TPSA) is 61.8 Å². The van der Waals surface area contributed by atoms with Gasteiger partial charge in [0.05, 0.1) is 27.6 Å². The summed E-state index contributed by atoms with van der Waals surface area (Å²) < 4.78 is 28.1. The Bertz CT molecular complexity index is 924. The van der Waals surface area contributed by atoms with Crippen LogP contribution in [0.1, 0.15) is 36.5 Å². The van der Waals surface area contributed by atoms with E-state index in [9.17, 15) is 9.00 Å². The first-order valence-corrected chi connectivity index (χ1v) is 12.6. The summed E-state index contributed by atoms with van der Waals surface area (Å²) in [5.74, 6) is 2.09. The lowest BCUT2D eigenvalue weighted by Crippen LogP contribution is -2.08. The first-order chi connectivity index (χ1) is 15.0. The zero-order valence-electron chi connectivity index (χ0n) is 18.5. The molecule has 2 aromatic rings. The fourth-order valence-electron chi connectivity index (χ4n) is 3.00. The molecule has 0 radical (unpaired) electrons. The molecule has 5 nitrogen and oxygen atoms in total. The van der Waals surface area contributed by atoms with Crippen molar-refractivity contribution in [1.82, 2.24) is 0 Å². The second-order valence-electron chi connectivity index (χ2n) is 6.83. The Morgan fingerprint density at radius 3 is 2.58 bits per heavy atom. The van der Waals surface area contributed by atoms with Gasteiger partial charge in [-0.3, -0.25) is 4.21 Å². The summed E-state index contributed by atoms with van der Waals surface area (Å²) in [6, 6.07) is 13.6. The van der Waals surface area contributed by atoms with Crippen LogP contribution in [0, 0.1) is 0 Å². The third-order valence-electron chi connectivity index (χ3n) is 4.59. The SMILES string of the molecule is CCCCS(=O)Cc1cccc(C(=COC)C(=O)OC)c1SCc1cccc(OC)c1. The highest BCUT2D eigenvalue weighted by Crippen LogP contribution is 2.35. The van der Waals surface area contributed by atoms with Crippen LogP contribution < -0.4 is 4.74 Å². The molecule has 31 heavy (non-hydrogen) atoms. The average molecular weight is 463 g/mol. The van der Waals surface area contributed by atoms with Crippen LogP contribution in [0.2, 0.25) is 0 Å². The van der Waals surface area contributed by atoms with Crippen molar-refractivity contribution in [3.63, 3.8) is 0 Å². The van der Waals surface area contributed by atoms with Gasteiger partial charge in [0.2, 0.25) is 0 Å². The van der Waals surface area contributed by atoms with Crippen LogP contribution in [0.5, 0.6) is 5.75 Å². The molecule has 0 heterocycles. The Morgan fingerprint density at radius 2 is 1.90 bits per heavy atom. The van der Waals surface area contributed by atoms with Crippen LogP contribution in [0.4, 0.5) is 0 Å². The summed E-state index contributed by atoms with van der Waals surface area (Å²) in [5, 5.41) is 0. The van der Waals surface area contributed by atoms with Gasteiger partial charge in [0.1, 0.15) is 11.3 Å². The van der Waals surface area contributed by atoms with Crippen molar-refractivity contribution in [2.24, 2.45) is 0 Å². The van der Waals surface area contributed by atoms with E-state index in [4.69, 9.17) is 14.2 Å². The summed E-state index contributed by atoms with van der Waals surface area (Å²) in [6.07, 6.45) is 3.33. The number of unbranched alkanes of at least 4 members (excludes halogenated alkanes) is 1. The van der Waals surface area contributed by atoms with E-state index >= 15 is 0 Å². The number of thioether (sulfide) groups is 1. The van der Waals surface area contributed by atoms with Crippen molar-refractivity contribution in [2.45, 2.75) is 36.2 Å². The van der Waals surface area contributed by atoms with Crippen molar-refractivity contribution >= 4 is 34.1 Å². The Balaban J connectivity index is 2.44. The van der Waals surface area contributed by atoms with E-state index in [2.05, 4.69) is 6.92 Å². The molecule has 0 bridgehead atoms. The first-order valence-electron chi connectivity index (χ1n) is 10.1. The lowest BCUT2D eigenvalue weighted by atomic mass is 10.0. The predicted octanol–water partition coefficient (Wildman–Crippen LogP) is 5.20. The minimum absolute atomic E-state index is 0.333. The number of carbonyl (C=O) groups excluding carboxylic acids is 1. The molecule has 0 saturated heterocycles. The van der Waals surface area contributed by atoms with Gasteiger partial charge in [0.15, 0.2) is 0 Å². The van der Waals surface area contributed by atoms with Crippen molar-refractivity contribution < 1.29 is 23.2 Å². The van der Waals surface area contributed by atoms with Crippen molar-refractivity contribution in [2.75, 3.05) is 27.1 Å². The van der Waals surface area contributed by atoms with Gasteiger partial charge in [-0.05, 0) is 29.7 Å². The van der Waals surface area contributed by atoms with E-state index in [-0.39, 0.29) is 0 Å². The largest absolute Gasteiger partial charge is 0.503 e. The van der Waals surface area contributed by atoms with Gasteiger partial charge in [-0.1, -0.05) is 43.7 Å². The quantitative estimate of drug-likeness (QED) is 0.187. The lowest BCUT2D eigenvalue weighted by Gasteiger charge is -2.16. The predicted molar refractivity (Wildman–Crippen MR) is 128 cm³/mol. The second-order valence-corrected chi connectivity index (χ2v) is 9.40. The number of hydrogen-bond donors (Lipinski definition) is 0. The van der Waals surface area contributed by atoms with Crippen molar-refractivity contribution in [1.29, 1.82) is 0 Å². The zero-order chi connectivity index (χ0) is 22.6. The minimum atomic E-state index is -0.972. The van der Waals surface area contributed by atoms with E-state index in [1.807, 2.05) is 42.5 Å². The fourth-order valence-corrected chi connectivity index (χ4v) is 5.58. The summed E-state index contributed by atoms with van der Waals surface area (Å²) in [6.45, 7) is 2.09. The van der Waals surface area contributed by atoms with Crippen molar-refractivity contribution in [3.8, 4) is 5.75 Å². The molecular formula is C24H30O5S2. The smallest absolute Gasteiger partial charge is 0.341 e. The summed E-state index contributed by atoms with van der Waals surface area (Å²) in [5.41, 5.74) is 3.09. The molecule has 1 atom stereocenters. The Labute approximate surface area is 191 Å². The van der Waals surface area contributed by atoms with Crippen LogP contribution in [0.25, 0.3) is 5.57 Å². The van der Waals surface area contributed by atoms with Crippen LogP contribution in [-0.2, 0) is 36.6 Å². The van der Waals surface area contributed by atoms with Gasteiger partial charge in [0, 0.05) is 38.5 Å². The minimum Gasteiger partial charge on any atom is -0.503 e. The van der Waals surface area contributed by atoms with E-state index in [1.54, 1.807) is 18.9 Å². The molecule has 0 spiro atoms. The highest BCUT2D eigenvalue weighted by molar-refractivity contribution is 7.98. The standard InChI is InChI=1S/C24H30O5S2/c1-5-6-13-31(26)17-19-10-8-12-21(22(15-27-2)24(25)29-4)23(19)30-16-18-9-7-11-20(14-18)28-3/h7-12,14-15H,5-6,13,16-17H2,1-4H3. The summed E-state index contributed by atoms with van der Waals surface area (Å²) >= 11 is 1.60. The van der Waals surface area contributed by atoms with Gasteiger partial charge in [-0.25, -0.2) is 4.79 Å². The fraction of sp³-hybridized carbons (Fsp3) is 0.375. The Hall–Kier alpha value is -2.25. The average Bonchev–Trinajstić information content (AvgIpc) is 2.80. The molecule has 0 amide bonds. The lowest BCUT2D eigenvalue weighted by molar-refractivity contribution is -0.133. The molecule has 2 rings (SSSR count). The first kappa shape index (κ1) is 25.0. The van der Waals surface area contributed by atoms with Crippen LogP contribution in [0.3, 0.4) is 0 Å². The number of ether oxygens (including phenoxy) is 3. The molecule has 7 heteroatoms. The molecule has 1 unspecified atom stereocenters. The van der Waals surface area contributed by atoms with E-state index in [0.717, 1.165) is 34.6 Å². The summed E-state index contributed by atoms with van der Waals surface area (Å²) in [4.78, 5) is 13.3. The number of methoxy groups -OCH3 is 3. The maximum absolute atomic E-state index is 12.6. The number of carbonyl (C=O) groups is 1. The third kappa shape index (κ3) is 7.43. The van der Waals surface area contributed by atoms with Crippen LogP contribution in [0.15, 0.2) is 53.6 Å². The molecule has 0 aliphatic rings. The molecule has 0 aliphatic carbocycles. The maximum Gasteiger partial charge on any atom is 0.341 e. The summed E-state index contributed by atoms with van der Waals surface area (Å²) in [7, 11) is 3.51. The highest BCUT2D eigenvalue weighted by Gasteiger charge is 2.20. The van der Waals surface area contributed by atoms with Gasteiger partial charge < -0.3 is 14.2 Å². The zero-order valence-corrected chi connectivity index (χ0v) is 20.1. The van der Waals surface area contributed by atoms with E-state index < -0.39 is 16.8 Å². The maximum atomic E-state index is 12.6. The molecule has 168 valence electrons. The second kappa shape index (κ2) is 13.2. The van der Waals surface area contributed by atoms with Gasteiger partial charge in [-0.15, -0.1) is 11.8 Å². The number of rotatable bonds is 12. The molecule has 0 saturated carbocycles. The molecule has 2 aromatic carbocycles. The number of hydrogen-bond acceptors (Lipinski definition) is 6. The monoisotopic (exact) mass is 462 g/mol. The Morgan fingerprint density at radius 1 is 1.13 bits per heavy atom. The van der Waals surface area contributed by atoms with Gasteiger partial charge >= 0.3 is 5.97 Å². The van der Waals surface area contributed by atoms with E-state index in [1.165, 1.54) is 20.5 Å². The normalized spacial score (nSPS) is 12.3. The third-order valence-corrected chi connectivity index (χ3v) is 7.21. The van der Waals surface area contributed by atoms with Gasteiger partial charge in [-0.2, -0.15) is 0 Å². The van der Waals surface area contributed by atoms with Crippen LogP contribution >= 0.6 is 11.8 Å². The molecule has 0 fully saturated rings. The number of esters is 1.